The number of halogens is 1. The topological polar surface area (TPSA) is 52.0 Å². The smallest absolute Gasteiger partial charge is 0.0313 e. The van der Waals surface area contributed by atoms with Crippen molar-refractivity contribution in [2.24, 2.45) is 11.5 Å². The van der Waals surface area contributed by atoms with Gasteiger partial charge in [-0.15, -0.1) is 12.4 Å². The molecule has 0 spiro atoms. The third kappa shape index (κ3) is 2.78. The highest BCUT2D eigenvalue weighted by Crippen LogP contribution is 2.26. The van der Waals surface area contributed by atoms with Gasteiger partial charge in [0.25, 0.3) is 0 Å². The van der Waals surface area contributed by atoms with E-state index in [4.69, 9.17) is 11.5 Å². The first-order chi connectivity index (χ1) is 7.74. The van der Waals surface area contributed by atoms with Gasteiger partial charge < -0.3 is 11.5 Å². The minimum atomic E-state index is 0. The lowest BCUT2D eigenvalue weighted by molar-refractivity contribution is 0.666. The van der Waals surface area contributed by atoms with E-state index in [9.17, 15) is 0 Å². The minimum absolute atomic E-state index is 0. The van der Waals surface area contributed by atoms with Gasteiger partial charge in [-0.25, -0.2) is 0 Å². The number of aryl methyl sites for hydroxylation is 1. The third-order valence-electron chi connectivity index (χ3n) is 3.05. The van der Waals surface area contributed by atoms with Crippen LogP contribution in [0.25, 0.3) is 10.8 Å². The second-order valence-corrected chi connectivity index (χ2v) is 4.20. The first-order valence-electron chi connectivity index (χ1n) is 5.68. The van der Waals surface area contributed by atoms with Crippen LogP contribution in [0.15, 0.2) is 36.4 Å². The molecule has 2 nitrogen and oxygen atoms in total. The second-order valence-electron chi connectivity index (χ2n) is 4.20. The van der Waals surface area contributed by atoms with Gasteiger partial charge in [0.1, 0.15) is 0 Å². The number of hydrogen-bond donors (Lipinski definition) is 2. The van der Waals surface area contributed by atoms with Crippen LogP contribution >= 0.6 is 12.4 Å². The molecule has 1 atom stereocenters. The van der Waals surface area contributed by atoms with E-state index in [0.29, 0.717) is 6.54 Å². The largest absolute Gasteiger partial charge is 0.330 e. The monoisotopic (exact) mass is 250 g/mol. The number of fused-ring (bicyclic) bond motifs is 1. The molecule has 0 aromatic heterocycles. The summed E-state index contributed by atoms with van der Waals surface area (Å²) < 4.78 is 0. The molecule has 0 amide bonds. The van der Waals surface area contributed by atoms with Gasteiger partial charge >= 0.3 is 0 Å². The van der Waals surface area contributed by atoms with Crippen molar-refractivity contribution in [2.75, 3.05) is 6.54 Å². The van der Waals surface area contributed by atoms with Crippen LogP contribution in [0.3, 0.4) is 0 Å². The molecule has 92 valence electrons. The van der Waals surface area contributed by atoms with Crippen LogP contribution in [0.1, 0.15) is 23.6 Å². The lowest BCUT2D eigenvalue weighted by Crippen LogP contribution is -2.15. The Labute approximate surface area is 108 Å². The number of benzene rings is 2. The summed E-state index contributed by atoms with van der Waals surface area (Å²) in [5.41, 5.74) is 14.2. The Balaban J connectivity index is 0.00000144. The van der Waals surface area contributed by atoms with E-state index >= 15 is 0 Å². The van der Waals surface area contributed by atoms with Gasteiger partial charge in [0.2, 0.25) is 0 Å². The van der Waals surface area contributed by atoms with Crippen molar-refractivity contribution in [1.29, 1.82) is 0 Å². The minimum Gasteiger partial charge on any atom is -0.330 e. The SMILES string of the molecule is Cc1ccc([C@H](N)CCN)c2ccccc12.Cl. The molecule has 0 aliphatic heterocycles. The van der Waals surface area contributed by atoms with E-state index in [-0.39, 0.29) is 18.4 Å². The zero-order valence-electron chi connectivity index (χ0n) is 10.0. The summed E-state index contributed by atoms with van der Waals surface area (Å²) in [5, 5.41) is 2.54. The van der Waals surface area contributed by atoms with Crippen LogP contribution in [0, 0.1) is 6.92 Å². The summed E-state index contributed by atoms with van der Waals surface area (Å²) in [6.07, 6.45) is 0.826. The van der Waals surface area contributed by atoms with Crippen molar-refractivity contribution >= 4 is 23.2 Å². The number of rotatable bonds is 3. The quantitative estimate of drug-likeness (QED) is 0.880. The van der Waals surface area contributed by atoms with Crippen LogP contribution in [0.5, 0.6) is 0 Å². The Morgan fingerprint density at radius 2 is 1.71 bits per heavy atom. The molecule has 0 heterocycles. The molecule has 0 saturated heterocycles. The van der Waals surface area contributed by atoms with E-state index < -0.39 is 0 Å². The molecule has 2 aromatic carbocycles. The predicted molar refractivity (Wildman–Crippen MR) is 76.5 cm³/mol. The van der Waals surface area contributed by atoms with Crippen molar-refractivity contribution in [2.45, 2.75) is 19.4 Å². The van der Waals surface area contributed by atoms with Gasteiger partial charge in [-0.05, 0) is 41.8 Å². The van der Waals surface area contributed by atoms with Crippen LogP contribution in [-0.2, 0) is 0 Å². The molecule has 0 radical (unpaired) electrons. The Hall–Kier alpha value is -1.09. The van der Waals surface area contributed by atoms with Gasteiger partial charge in [-0.1, -0.05) is 36.4 Å². The third-order valence-corrected chi connectivity index (χ3v) is 3.05. The fraction of sp³-hybridized carbons (Fsp3) is 0.286. The molecule has 0 saturated carbocycles. The molecule has 2 rings (SSSR count). The van der Waals surface area contributed by atoms with Crippen molar-refractivity contribution in [1.82, 2.24) is 0 Å². The van der Waals surface area contributed by atoms with E-state index in [1.807, 2.05) is 0 Å². The van der Waals surface area contributed by atoms with Gasteiger partial charge in [-0.2, -0.15) is 0 Å². The van der Waals surface area contributed by atoms with Crippen LogP contribution in [-0.4, -0.2) is 6.54 Å². The molecule has 0 aliphatic rings. The first-order valence-corrected chi connectivity index (χ1v) is 5.68. The normalized spacial score (nSPS) is 12.2. The summed E-state index contributed by atoms with van der Waals surface area (Å²) in [7, 11) is 0. The molecule has 0 bridgehead atoms. The maximum atomic E-state index is 6.14. The van der Waals surface area contributed by atoms with E-state index in [0.717, 1.165) is 6.42 Å². The first kappa shape index (κ1) is 14.0. The van der Waals surface area contributed by atoms with E-state index in [1.165, 1.54) is 21.9 Å². The molecule has 0 unspecified atom stereocenters. The fourth-order valence-corrected chi connectivity index (χ4v) is 2.13. The summed E-state index contributed by atoms with van der Waals surface area (Å²) in [6.45, 7) is 2.75. The van der Waals surface area contributed by atoms with Crippen molar-refractivity contribution < 1.29 is 0 Å². The average Bonchev–Trinajstić information content (AvgIpc) is 2.30. The highest BCUT2D eigenvalue weighted by Gasteiger charge is 2.09. The molecule has 3 heteroatoms. The van der Waals surface area contributed by atoms with Crippen LogP contribution < -0.4 is 11.5 Å². The molecular formula is C14H19ClN2. The molecule has 0 fully saturated rings. The Morgan fingerprint density at radius 3 is 2.35 bits per heavy atom. The van der Waals surface area contributed by atoms with Gasteiger partial charge in [0.05, 0.1) is 0 Å². The number of nitrogens with two attached hydrogens (primary N) is 2. The van der Waals surface area contributed by atoms with Crippen molar-refractivity contribution in [3.63, 3.8) is 0 Å². The highest BCUT2D eigenvalue weighted by molar-refractivity contribution is 5.88. The van der Waals surface area contributed by atoms with Crippen molar-refractivity contribution in [3.8, 4) is 0 Å². The lowest BCUT2D eigenvalue weighted by Gasteiger charge is -2.15. The molecule has 2 aromatic rings. The number of hydrogen-bond acceptors (Lipinski definition) is 2. The van der Waals surface area contributed by atoms with Crippen LogP contribution in [0.2, 0.25) is 0 Å². The summed E-state index contributed by atoms with van der Waals surface area (Å²) in [6, 6.07) is 12.7. The summed E-state index contributed by atoms with van der Waals surface area (Å²) >= 11 is 0. The van der Waals surface area contributed by atoms with Gasteiger partial charge in [0.15, 0.2) is 0 Å². The molecule has 17 heavy (non-hydrogen) atoms. The van der Waals surface area contributed by atoms with Crippen molar-refractivity contribution in [3.05, 3.63) is 47.5 Å². The average molecular weight is 251 g/mol. The van der Waals surface area contributed by atoms with Gasteiger partial charge in [-0.3, -0.25) is 0 Å². The maximum absolute atomic E-state index is 6.14. The van der Waals surface area contributed by atoms with Crippen LogP contribution in [0.4, 0.5) is 0 Å². The van der Waals surface area contributed by atoms with E-state index in [1.54, 1.807) is 0 Å². The standard InChI is InChI=1S/C14H18N2.ClH/c1-10-6-7-13(14(16)8-9-15)12-5-3-2-4-11(10)12;/h2-7,14H,8-9,15-16H2,1H3;1H/t14-;/m1./s1. The van der Waals surface area contributed by atoms with Gasteiger partial charge in [0, 0.05) is 6.04 Å². The second kappa shape index (κ2) is 6.01. The summed E-state index contributed by atoms with van der Waals surface area (Å²) in [5.74, 6) is 0. The Kier molecular flexibility index (Phi) is 4.94. The molecule has 4 N–H and O–H groups in total. The fourth-order valence-electron chi connectivity index (χ4n) is 2.13. The highest BCUT2D eigenvalue weighted by atomic mass is 35.5. The van der Waals surface area contributed by atoms with E-state index in [2.05, 4.69) is 43.3 Å². The Morgan fingerprint density at radius 1 is 1.06 bits per heavy atom. The zero-order valence-corrected chi connectivity index (χ0v) is 10.8. The zero-order chi connectivity index (χ0) is 11.5. The predicted octanol–water partition coefficient (Wildman–Crippen LogP) is 2.92. The summed E-state index contributed by atoms with van der Waals surface area (Å²) in [4.78, 5) is 0. The molecular weight excluding hydrogens is 232 g/mol. The Bertz CT molecular complexity index is 497. The maximum Gasteiger partial charge on any atom is 0.0313 e. The lowest BCUT2D eigenvalue weighted by atomic mass is 9.95. The molecule has 0 aliphatic carbocycles.